The third kappa shape index (κ3) is 3.05. The van der Waals surface area contributed by atoms with Gasteiger partial charge in [-0.15, -0.1) is 0 Å². The van der Waals surface area contributed by atoms with Crippen LogP contribution in [0.1, 0.15) is 22.8 Å². The number of rotatable bonds is 3. The summed E-state index contributed by atoms with van der Waals surface area (Å²) < 4.78 is 5.00. The van der Waals surface area contributed by atoms with Crippen LogP contribution in [0.3, 0.4) is 0 Å². The molecule has 2 nitrogen and oxygen atoms in total. The van der Waals surface area contributed by atoms with Gasteiger partial charge >= 0.3 is 5.97 Å². The Kier molecular flexibility index (Phi) is 3.92. The molecule has 0 heterocycles. The monoisotopic (exact) mass is 190 g/mol. The van der Waals surface area contributed by atoms with E-state index in [2.05, 4.69) is 0 Å². The van der Waals surface area contributed by atoms with Crippen molar-refractivity contribution in [2.45, 2.75) is 13.8 Å². The third-order valence-electron chi connectivity index (χ3n) is 1.80. The highest BCUT2D eigenvalue weighted by Crippen LogP contribution is 2.05. The van der Waals surface area contributed by atoms with E-state index in [9.17, 15) is 4.79 Å². The second-order valence-corrected chi connectivity index (χ2v) is 3.04. The molecule has 0 aliphatic carbocycles. The van der Waals surface area contributed by atoms with E-state index in [-0.39, 0.29) is 5.97 Å². The van der Waals surface area contributed by atoms with Crippen LogP contribution >= 0.6 is 0 Å². The number of carbonyl (C=O) groups excluding carboxylic acids is 1. The zero-order chi connectivity index (χ0) is 10.4. The Labute approximate surface area is 84.2 Å². The van der Waals surface area contributed by atoms with E-state index in [4.69, 9.17) is 4.74 Å². The molecule has 1 aromatic carbocycles. The van der Waals surface area contributed by atoms with Gasteiger partial charge in [0.25, 0.3) is 0 Å². The average molecular weight is 190 g/mol. The molecule has 0 aromatic heterocycles. The van der Waals surface area contributed by atoms with E-state index in [1.54, 1.807) is 12.1 Å². The Balaban J connectivity index is 2.60. The molecule has 1 rings (SSSR count). The molecular formula is C12H14O2. The van der Waals surface area contributed by atoms with Gasteiger partial charge in [-0.05, 0) is 26.0 Å². The Bertz CT molecular complexity index is 340. The van der Waals surface area contributed by atoms with Crippen molar-refractivity contribution in [3.63, 3.8) is 0 Å². The Morgan fingerprint density at radius 2 is 2.29 bits per heavy atom. The van der Waals surface area contributed by atoms with Crippen LogP contribution in [-0.4, -0.2) is 12.6 Å². The summed E-state index contributed by atoms with van der Waals surface area (Å²) in [4.78, 5) is 11.4. The summed E-state index contributed by atoms with van der Waals surface area (Å²) in [5.41, 5.74) is 1.67. The van der Waals surface area contributed by atoms with Gasteiger partial charge in [0.05, 0.1) is 5.56 Å². The summed E-state index contributed by atoms with van der Waals surface area (Å²) in [5, 5.41) is 0. The van der Waals surface area contributed by atoms with Gasteiger partial charge < -0.3 is 4.74 Å². The third-order valence-corrected chi connectivity index (χ3v) is 1.80. The molecule has 0 saturated heterocycles. The van der Waals surface area contributed by atoms with E-state index in [0.717, 1.165) is 5.56 Å². The largest absolute Gasteiger partial charge is 0.458 e. The van der Waals surface area contributed by atoms with Gasteiger partial charge in [-0.2, -0.15) is 0 Å². The molecule has 0 atom stereocenters. The molecule has 0 fully saturated rings. The van der Waals surface area contributed by atoms with Crippen molar-refractivity contribution in [1.29, 1.82) is 0 Å². The van der Waals surface area contributed by atoms with Crippen LogP contribution in [-0.2, 0) is 4.74 Å². The van der Waals surface area contributed by atoms with E-state index in [0.29, 0.717) is 12.2 Å². The van der Waals surface area contributed by atoms with E-state index < -0.39 is 0 Å². The summed E-state index contributed by atoms with van der Waals surface area (Å²) in [6.45, 7) is 4.17. The second-order valence-electron chi connectivity index (χ2n) is 3.04. The van der Waals surface area contributed by atoms with Gasteiger partial charge in [0.2, 0.25) is 0 Å². The molecule has 0 spiro atoms. The molecule has 0 amide bonds. The molecule has 0 bridgehead atoms. The number of benzene rings is 1. The number of carbonyl (C=O) groups is 1. The lowest BCUT2D eigenvalue weighted by molar-refractivity contribution is 0.0549. The lowest BCUT2D eigenvalue weighted by Crippen LogP contribution is -2.04. The summed E-state index contributed by atoms with van der Waals surface area (Å²) in [6, 6.07) is 7.37. The molecule has 0 unspecified atom stereocenters. The second kappa shape index (κ2) is 5.22. The Hall–Kier alpha value is -1.57. The summed E-state index contributed by atoms with van der Waals surface area (Å²) in [7, 11) is 0. The van der Waals surface area contributed by atoms with Crippen LogP contribution in [0.25, 0.3) is 0 Å². The maximum Gasteiger partial charge on any atom is 0.338 e. The van der Waals surface area contributed by atoms with Gasteiger partial charge in [-0.1, -0.05) is 29.8 Å². The van der Waals surface area contributed by atoms with Gasteiger partial charge in [-0.3, -0.25) is 0 Å². The predicted octanol–water partition coefficient (Wildman–Crippen LogP) is 2.73. The summed E-state index contributed by atoms with van der Waals surface area (Å²) in [6.07, 6.45) is 3.65. The van der Waals surface area contributed by atoms with Crippen molar-refractivity contribution < 1.29 is 9.53 Å². The predicted molar refractivity (Wildman–Crippen MR) is 56.3 cm³/mol. The summed E-state index contributed by atoms with van der Waals surface area (Å²) in [5.74, 6) is -0.271. The Morgan fingerprint density at radius 1 is 1.50 bits per heavy atom. The average Bonchev–Trinajstić information content (AvgIpc) is 2.18. The van der Waals surface area contributed by atoms with Crippen LogP contribution in [0.4, 0.5) is 0 Å². The maximum atomic E-state index is 11.4. The topological polar surface area (TPSA) is 26.3 Å². The molecule has 0 radical (unpaired) electrons. The van der Waals surface area contributed by atoms with Crippen LogP contribution in [0.2, 0.25) is 0 Å². The normalized spacial score (nSPS) is 10.4. The molecule has 0 saturated carbocycles. The highest BCUT2D eigenvalue weighted by Gasteiger charge is 2.04. The molecule has 2 heteroatoms. The van der Waals surface area contributed by atoms with Gasteiger partial charge in [0.1, 0.15) is 6.61 Å². The zero-order valence-corrected chi connectivity index (χ0v) is 8.49. The van der Waals surface area contributed by atoms with E-state index in [1.165, 1.54) is 0 Å². The van der Waals surface area contributed by atoms with Crippen LogP contribution < -0.4 is 0 Å². The molecule has 0 aliphatic heterocycles. The molecule has 14 heavy (non-hydrogen) atoms. The lowest BCUT2D eigenvalue weighted by atomic mass is 10.1. The van der Waals surface area contributed by atoms with Crippen molar-refractivity contribution in [3.05, 3.63) is 47.5 Å². The number of allylic oxidation sites excluding steroid dienone is 1. The molecular weight excluding hydrogens is 176 g/mol. The fourth-order valence-corrected chi connectivity index (χ4v) is 1.08. The number of hydrogen-bond donors (Lipinski definition) is 0. The minimum Gasteiger partial charge on any atom is -0.458 e. The quantitative estimate of drug-likeness (QED) is 0.541. The highest BCUT2D eigenvalue weighted by atomic mass is 16.5. The molecule has 1 aromatic rings. The smallest absolute Gasteiger partial charge is 0.338 e. The standard InChI is InChI=1S/C12H14O2/c1-3-4-8-14-12(13)11-7-5-6-10(2)9-11/h3-7,9H,8H2,1-2H3. The molecule has 74 valence electrons. The van der Waals surface area contributed by atoms with Crippen molar-refractivity contribution in [1.82, 2.24) is 0 Å². The van der Waals surface area contributed by atoms with Crippen LogP contribution in [0, 0.1) is 6.92 Å². The Morgan fingerprint density at radius 3 is 2.93 bits per heavy atom. The first-order chi connectivity index (χ1) is 6.74. The number of ether oxygens (including phenoxy) is 1. The van der Waals surface area contributed by atoms with Crippen LogP contribution in [0.5, 0.6) is 0 Å². The van der Waals surface area contributed by atoms with E-state index >= 15 is 0 Å². The van der Waals surface area contributed by atoms with Crippen molar-refractivity contribution in [3.8, 4) is 0 Å². The van der Waals surface area contributed by atoms with Gasteiger partial charge in [-0.25, -0.2) is 4.79 Å². The fraction of sp³-hybridized carbons (Fsp3) is 0.250. The van der Waals surface area contributed by atoms with Crippen LogP contribution in [0.15, 0.2) is 36.4 Å². The first-order valence-corrected chi connectivity index (χ1v) is 4.59. The lowest BCUT2D eigenvalue weighted by Gasteiger charge is -2.02. The van der Waals surface area contributed by atoms with Crippen molar-refractivity contribution in [2.75, 3.05) is 6.61 Å². The first-order valence-electron chi connectivity index (χ1n) is 4.59. The zero-order valence-electron chi connectivity index (χ0n) is 8.49. The SMILES string of the molecule is CC=CCOC(=O)c1cccc(C)c1. The first kappa shape index (κ1) is 10.5. The minimum absolute atomic E-state index is 0.271. The van der Waals surface area contributed by atoms with Crippen molar-refractivity contribution >= 4 is 5.97 Å². The molecule has 0 N–H and O–H groups in total. The summed E-state index contributed by atoms with van der Waals surface area (Å²) >= 11 is 0. The molecule has 0 aliphatic rings. The fourth-order valence-electron chi connectivity index (χ4n) is 1.08. The minimum atomic E-state index is -0.271. The number of hydrogen-bond acceptors (Lipinski definition) is 2. The van der Waals surface area contributed by atoms with Crippen molar-refractivity contribution in [2.24, 2.45) is 0 Å². The number of aryl methyl sites for hydroxylation is 1. The van der Waals surface area contributed by atoms with Gasteiger partial charge in [0, 0.05) is 0 Å². The highest BCUT2D eigenvalue weighted by molar-refractivity contribution is 5.89. The maximum absolute atomic E-state index is 11.4. The van der Waals surface area contributed by atoms with Gasteiger partial charge in [0.15, 0.2) is 0 Å². The number of esters is 1. The van der Waals surface area contributed by atoms with E-state index in [1.807, 2.05) is 38.1 Å².